The summed E-state index contributed by atoms with van der Waals surface area (Å²) in [5.41, 5.74) is 4.03. The maximum Gasteiger partial charge on any atom is 0.285 e. The van der Waals surface area contributed by atoms with Crippen LogP contribution in [0.5, 0.6) is 5.75 Å². The van der Waals surface area contributed by atoms with Gasteiger partial charge in [-0.3, -0.25) is 10.2 Å². The lowest BCUT2D eigenvalue weighted by molar-refractivity contribution is 0.475. The number of aromatic hydroxyl groups is 1. The van der Waals surface area contributed by atoms with Gasteiger partial charge in [0.25, 0.3) is 5.56 Å². The number of nitrogens with one attached hydrogen (secondary N) is 2. The van der Waals surface area contributed by atoms with Gasteiger partial charge in [0.05, 0.1) is 11.9 Å². The van der Waals surface area contributed by atoms with E-state index in [9.17, 15) is 9.90 Å². The fourth-order valence-corrected chi connectivity index (χ4v) is 1.51. The number of phenolic OH excluding ortho intramolecular Hbond substituents is 1. The monoisotopic (exact) mass is 278 g/mol. The van der Waals surface area contributed by atoms with Gasteiger partial charge >= 0.3 is 0 Å². The zero-order chi connectivity index (χ0) is 13.8. The van der Waals surface area contributed by atoms with Gasteiger partial charge in [0.1, 0.15) is 16.5 Å². The van der Waals surface area contributed by atoms with Crippen LogP contribution in [0.3, 0.4) is 0 Å². The minimum absolute atomic E-state index is 0.00254. The van der Waals surface area contributed by atoms with E-state index in [0.29, 0.717) is 11.4 Å². The van der Waals surface area contributed by atoms with Gasteiger partial charge in [-0.1, -0.05) is 11.6 Å². The summed E-state index contributed by atoms with van der Waals surface area (Å²) in [7, 11) is 0. The zero-order valence-electron chi connectivity index (χ0n) is 10.0. The first-order valence-corrected chi connectivity index (χ1v) is 5.78. The van der Waals surface area contributed by atoms with Crippen LogP contribution in [0.1, 0.15) is 12.5 Å². The molecule has 0 amide bonds. The minimum Gasteiger partial charge on any atom is -0.508 e. The van der Waals surface area contributed by atoms with Gasteiger partial charge in [-0.25, -0.2) is 5.10 Å². The minimum atomic E-state index is -0.482. The third kappa shape index (κ3) is 3.11. The number of hydrazone groups is 1. The van der Waals surface area contributed by atoms with Crippen molar-refractivity contribution in [1.82, 2.24) is 10.2 Å². The van der Waals surface area contributed by atoms with Crippen molar-refractivity contribution in [3.05, 3.63) is 51.4 Å². The van der Waals surface area contributed by atoms with Crippen LogP contribution in [-0.2, 0) is 0 Å². The predicted molar refractivity (Wildman–Crippen MR) is 73.8 cm³/mol. The van der Waals surface area contributed by atoms with Crippen LogP contribution < -0.4 is 11.0 Å². The highest BCUT2D eigenvalue weighted by atomic mass is 35.5. The summed E-state index contributed by atoms with van der Waals surface area (Å²) in [6, 6.07) is 6.59. The van der Waals surface area contributed by atoms with Crippen LogP contribution in [0.25, 0.3) is 0 Å². The first kappa shape index (κ1) is 13.1. The number of aromatic nitrogens is 2. The molecule has 0 aliphatic carbocycles. The van der Waals surface area contributed by atoms with Gasteiger partial charge in [-0.15, -0.1) is 0 Å². The number of rotatable bonds is 3. The smallest absolute Gasteiger partial charge is 0.285 e. The lowest BCUT2D eigenvalue weighted by Gasteiger charge is -2.04. The number of nitrogens with zero attached hydrogens (tertiary/aromatic N) is 2. The van der Waals surface area contributed by atoms with Crippen molar-refractivity contribution in [3.8, 4) is 5.75 Å². The molecular weight excluding hydrogens is 268 g/mol. The van der Waals surface area contributed by atoms with E-state index in [0.717, 1.165) is 5.56 Å². The second kappa shape index (κ2) is 5.53. The van der Waals surface area contributed by atoms with Crippen molar-refractivity contribution in [1.29, 1.82) is 0 Å². The molecular formula is C12H11ClN4O2. The maximum absolute atomic E-state index is 11.2. The summed E-state index contributed by atoms with van der Waals surface area (Å²) < 4.78 is 0. The second-order valence-electron chi connectivity index (χ2n) is 3.78. The van der Waals surface area contributed by atoms with Crippen LogP contribution in [0, 0.1) is 0 Å². The number of halogens is 1. The van der Waals surface area contributed by atoms with E-state index in [1.807, 2.05) is 0 Å². The first-order valence-electron chi connectivity index (χ1n) is 5.41. The molecule has 7 heteroatoms. The van der Waals surface area contributed by atoms with Crippen molar-refractivity contribution in [2.45, 2.75) is 6.92 Å². The number of aromatic amines is 1. The molecule has 0 aliphatic heterocycles. The van der Waals surface area contributed by atoms with E-state index in [1.165, 1.54) is 6.20 Å². The first-order chi connectivity index (χ1) is 9.08. The summed E-state index contributed by atoms with van der Waals surface area (Å²) in [5, 5.41) is 19.1. The van der Waals surface area contributed by atoms with E-state index in [2.05, 4.69) is 20.7 Å². The molecule has 6 nitrogen and oxygen atoms in total. The Morgan fingerprint density at radius 1 is 1.42 bits per heavy atom. The Morgan fingerprint density at radius 3 is 2.79 bits per heavy atom. The number of H-pyrrole nitrogens is 1. The molecule has 0 spiro atoms. The van der Waals surface area contributed by atoms with Gasteiger partial charge in [0, 0.05) is 0 Å². The fourth-order valence-electron chi connectivity index (χ4n) is 1.37. The third-order valence-electron chi connectivity index (χ3n) is 2.42. The SMILES string of the molecule is C/C(=N\Nc1cn[nH]c(=O)c1Cl)c1ccc(O)cc1. The highest BCUT2D eigenvalue weighted by Crippen LogP contribution is 2.15. The summed E-state index contributed by atoms with van der Waals surface area (Å²) in [6.07, 6.45) is 1.37. The molecule has 3 N–H and O–H groups in total. The standard InChI is InChI=1S/C12H11ClN4O2/c1-7(8-2-4-9(18)5-3-8)15-16-10-6-14-17-12(19)11(10)13/h2-6,18H,1H3,(H2,16,17,19)/b15-7+. The van der Waals surface area contributed by atoms with E-state index < -0.39 is 5.56 Å². The van der Waals surface area contributed by atoms with Gasteiger partial charge in [0.2, 0.25) is 0 Å². The molecule has 0 saturated carbocycles. The summed E-state index contributed by atoms with van der Waals surface area (Å²) in [6.45, 7) is 1.79. The molecule has 1 aromatic heterocycles. The van der Waals surface area contributed by atoms with Crippen molar-refractivity contribution in [2.24, 2.45) is 5.10 Å². The molecule has 0 unspecified atom stereocenters. The van der Waals surface area contributed by atoms with Crippen molar-refractivity contribution < 1.29 is 5.11 Å². The van der Waals surface area contributed by atoms with Gasteiger partial charge in [0.15, 0.2) is 0 Å². The van der Waals surface area contributed by atoms with Gasteiger partial charge in [-0.05, 0) is 36.8 Å². The molecule has 19 heavy (non-hydrogen) atoms. The van der Waals surface area contributed by atoms with Crippen molar-refractivity contribution in [2.75, 3.05) is 5.43 Å². The van der Waals surface area contributed by atoms with Crippen LogP contribution in [0.4, 0.5) is 5.69 Å². The second-order valence-corrected chi connectivity index (χ2v) is 4.16. The Labute approximate surface area is 113 Å². The number of benzene rings is 1. The van der Waals surface area contributed by atoms with Crippen molar-refractivity contribution >= 4 is 23.0 Å². The molecule has 0 saturated heterocycles. The summed E-state index contributed by atoms with van der Waals surface area (Å²) >= 11 is 5.79. The van der Waals surface area contributed by atoms with Crippen molar-refractivity contribution in [3.63, 3.8) is 0 Å². The fraction of sp³-hybridized carbons (Fsp3) is 0.0833. The summed E-state index contributed by atoms with van der Waals surface area (Å²) in [4.78, 5) is 11.2. The largest absolute Gasteiger partial charge is 0.508 e. The third-order valence-corrected chi connectivity index (χ3v) is 2.80. The lowest BCUT2D eigenvalue weighted by Crippen LogP contribution is -2.10. The normalized spacial score (nSPS) is 11.4. The molecule has 0 bridgehead atoms. The molecule has 1 aromatic carbocycles. The lowest BCUT2D eigenvalue weighted by atomic mass is 10.1. The van der Waals surface area contributed by atoms with Gasteiger partial charge in [-0.2, -0.15) is 10.2 Å². The number of hydrogen-bond donors (Lipinski definition) is 3. The summed E-state index contributed by atoms with van der Waals surface area (Å²) in [5.74, 6) is 0.186. The predicted octanol–water partition coefficient (Wildman–Crippen LogP) is 1.96. The Bertz CT molecular complexity index is 664. The molecule has 0 radical (unpaired) electrons. The molecule has 1 heterocycles. The topological polar surface area (TPSA) is 90.4 Å². The van der Waals surface area contributed by atoms with Crippen LogP contribution >= 0.6 is 11.6 Å². The number of hydrogen-bond acceptors (Lipinski definition) is 5. The highest BCUT2D eigenvalue weighted by Gasteiger charge is 2.04. The Morgan fingerprint density at radius 2 is 2.11 bits per heavy atom. The van der Waals surface area contributed by atoms with Gasteiger partial charge < -0.3 is 5.11 Å². The maximum atomic E-state index is 11.2. The zero-order valence-corrected chi connectivity index (χ0v) is 10.8. The average molecular weight is 279 g/mol. The molecule has 0 fully saturated rings. The molecule has 98 valence electrons. The molecule has 2 aromatic rings. The molecule has 2 rings (SSSR count). The number of anilines is 1. The Hall–Kier alpha value is -2.34. The van der Waals surface area contributed by atoms with E-state index in [4.69, 9.17) is 11.6 Å². The molecule has 0 aliphatic rings. The molecule has 0 atom stereocenters. The van der Waals surface area contributed by atoms with E-state index >= 15 is 0 Å². The number of phenols is 1. The van der Waals surface area contributed by atoms with Crippen LogP contribution in [0.15, 0.2) is 40.4 Å². The average Bonchev–Trinajstić information content (AvgIpc) is 2.41. The quantitative estimate of drug-likeness (QED) is 0.591. The van der Waals surface area contributed by atoms with Crippen LogP contribution in [-0.4, -0.2) is 21.0 Å². The van der Waals surface area contributed by atoms with E-state index in [-0.39, 0.29) is 10.8 Å². The Balaban J connectivity index is 2.20. The Kier molecular flexibility index (Phi) is 3.82. The van der Waals surface area contributed by atoms with E-state index in [1.54, 1.807) is 31.2 Å². The highest BCUT2D eigenvalue weighted by molar-refractivity contribution is 6.32. The van der Waals surface area contributed by atoms with Crippen LogP contribution in [0.2, 0.25) is 5.02 Å².